The Kier molecular flexibility index (Phi) is 8.72. The topological polar surface area (TPSA) is 195 Å². The second-order valence-electron chi connectivity index (χ2n) is 6.58. The van der Waals surface area contributed by atoms with E-state index in [9.17, 15) is 4.79 Å². The lowest BCUT2D eigenvalue weighted by Gasteiger charge is -2.10. The Bertz CT molecular complexity index is 946. The zero-order valence-electron chi connectivity index (χ0n) is 18.0. The summed E-state index contributed by atoms with van der Waals surface area (Å²) < 4.78 is 0. The number of nitrogens with one attached hydrogen (secondary N) is 2. The molecule has 0 atom stereocenters. The molecule has 2 amide bonds. The number of carbonyl (C=O) groups excluding carboxylic acids is 1. The first-order valence-corrected chi connectivity index (χ1v) is 9.92. The monoisotopic (exact) mass is 436 g/mol. The molecule has 0 aliphatic heterocycles. The fourth-order valence-electron chi connectivity index (χ4n) is 2.69. The van der Waals surface area contributed by atoms with Crippen molar-refractivity contribution in [2.75, 3.05) is 10.6 Å². The molecule has 2 rings (SSSR count). The molecule has 2 aromatic carbocycles. The van der Waals surface area contributed by atoms with Gasteiger partial charge in [0, 0.05) is 11.4 Å². The van der Waals surface area contributed by atoms with Gasteiger partial charge in [-0.15, -0.1) is 10.2 Å². The van der Waals surface area contributed by atoms with Gasteiger partial charge in [-0.05, 0) is 48.2 Å². The Labute approximate surface area is 186 Å². The van der Waals surface area contributed by atoms with Crippen LogP contribution in [-0.2, 0) is 0 Å². The maximum Gasteiger partial charge on any atom is 0.323 e. The SMILES string of the molecule is CCC(=NN=C(N)N)c1ccc(NC(=O)Nc2ccc(C(CC)=NN=C(N)N)cc2)cc1. The molecule has 168 valence electrons. The van der Waals surface area contributed by atoms with Crippen molar-refractivity contribution < 1.29 is 4.79 Å². The summed E-state index contributed by atoms with van der Waals surface area (Å²) in [4.78, 5) is 12.3. The molecule has 0 aliphatic rings. The number of benzene rings is 2. The molecule has 0 heterocycles. The van der Waals surface area contributed by atoms with Crippen LogP contribution in [0.1, 0.15) is 37.8 Å². The van der Waals surface area contributed by atoms with Crippen molar-refractivity contribution in [1.29, 1.82) is 0 Å². The summed E-state index contributed by atoms with van der Waals surface area (Å²) in [6.07, 6.45) is 1.30. The summed E-state index contributed by atoms with van der Waals surface area (Å²) in [5, 5.41) is 21.0. The standard InChI is InChI=1S/C21H28N10O/c1-3-17(28-30-19(22)23)13-5-9-15(10-6-13)26-21(32)27-16-11-7-14(8-12-16)18(4-2)29-31-20(24)25/h5-12H,3-4H2,1-2H3,(H4,22,23,30)(H4,24,25,31)(H2,26,27,32). The van der Waals surface area contributed by atoms with E-state index in [1.54, 1.807) is 24.3 Å². The molecular formula is C21H28N10O. The van der Waals surface area contributed by atoms with Crippen molar-refractivity contribution in [3.05, 3.63) is 59.7 Å². The van der Waals surface area contributed by atoms with E-state index in [0.29, 0.717) is 24.2 Å². The number of anilines is 2. The van der Waals surface area contributed by atoms with Gasteiger partial charge in [-0.1, -0.05) is 38.1 Å². The molecule has 0 aliphatic carbocycles. The van der Waals surface area contributed by atoms with Crippen molar-refractivity contribution in [2.24, 2.45) is 43.3 Å². The zero-order valence-corrected chi connectivity index (χ0v) is 18.0. The first-order valence-electron chi connectivity index (χ1n) is 9.92. The van der Waals surface area contributed by atoms with Gasteiger partial charge in [-0.3, -0.25) is 0 Å². The molecule has 0 fully saturated rings. The van der Waals surface area contributed by atoms with Crippen LogP contribution < -0.4 is 33.6 Å². The van der Waals surface area contributed by atoms with E-state index in [0.717, 1.165) is 22.6 Å². The summed E-state index contributed by atoms with van der Waals surface area (Å²) in [7, 11) is 0. The van der Waals surface area contributed by atoms with Gasteiger partial charge in [0.15, 0.2) is 0 Å². The van der Waals surface area contributed by atoms with Crippen LogP contribution in [0.25, 0.3) is 0 Å². The van der Waals surface area contributed by atoms with Gasteiger partial charge < -0.3 is 33.6 Å². The van der Waals surface area contributed by atoms with E-state index in [2.05, 4.69) is 31.0 Å². The van der Waals surface area contributed by atoms with Crippen LogP contribution in [0.15, 0.2) is 68.9 Å². The van der Waals surface area contributed by atoms with Crippen LogP contribution in [0.3, 0.4) is 0 Å². The van der Waals surface area contributed by atoms with Crippen molar-refractivity contribution in [3.63, 3.8) is 0 Å². The van der Waals surface area contributed by atoms with Crippen molar-refractivity contribution in [2.45, 2.75) is 26.7 Å². The Balaban J connectivity index is 2.02. The highest BCUT2D eigenvalue weighted by atomic mass is 16.2. The maximum atomic E-state index is 12.3. The van der Waals surface area contributed by atoms with Gasteiger partial charge >= 0.3 is 6.03 Å². The van der Waals surface area contributed by atoms with Gasteiger partial charge in [-0.25, -0.2) is 4.79 Å². The highest BCUT2D eigenvalue weighted by Gasteiger charge is 2.07. The summed E-state index contributed by atoms with van der Waals surface area (Å²) in [5.74, 6) is -0.211. The van der Waals surface area contributed by atoms with Crippen molar-refractivity contribution in [1.82, 2.24) is 0 Å². The molecule has 0 bridgehead atoms. The minimum Gasteiger partial charge on any atom is -0.369 e. The molecule has 0 unspecified atom stereocenters. The lowest BCUT2D eigenvalue weighted by molar-refractivity contribution is 0.262. The first-order chi connectivity index (χ1) is 15.3. The van der Waals surface area contributed by atoms with E-state index in [-0.39, 0.29) is 18.0 Å². The third-order valence-corrected chi connectivity index (χ3v) is 4.19. The number of rotatable bonds is 8. The van der Waals surface area contributed by atoms with E-state index < -0.39 is 0 Å². The predicted octanol–water partition coefficient (Wildman–Crippen LogP) is 2.11. The average molecular weight is 437 g/mol. The van der Waals surface area contributed by atoms with E-state index in [4.69, 9.17) is 22.9 Å². The molecule has 0 aromatic heterocycles. The number of guanidine groups is 2. The van der Waals surface area contributed by atoms with E-state index >= 15 is 0 Å². The van der Waals surface area contributed by atoms with Crippen LogP contribution in [0.4, 0.5) is 16.2 Å². The quantitative estimate of drug-likeness (QED) is 0.209. The van der Waals surface area contributed by atoms with Gasteiger partial charge in [0.05, 0.1) is 11.4 Å². The Morgan fingerprint density at radius 3 is 1.28 bits per heavy atom. The van der Waals surface area contributed by atoms with E-state index in [1.807, 2.05) is 38.1 Å². The second kappa shape index (κ2) is 11.7. The smallest absolute Gasteiger partial charge is 0.323 e. The van der Waals surface area contributed by atoms with Crippen LogP contribution in [0.5, 0.6) is 0 Å². The molecule has 10 N–H and O–H groups in total. The van der Waals surface area contributed by atoms with Crippen molar-refractivity contribution >= 4 is 40.7 Å². The molecular weight excluding hydrogens is 408 g/mol. The molecule has 0 radical (unpaired) electrons. The van der Waals surface area contributed by atoms with Crippen LogP contribution >= 0.6 is 0 Å². The number of nitrogens with zero attached hydrogens (tertiary/aromatic N) is 4. The molecule has 0 saturated heterocycles. The molecule has 32 heavy (non-hydrogen) atoms. The largest absolute Gasteiger partial charge is 0.369 e. The average Bonchev–Trinajstić information content (AvgIpc) is 2.76. The highest BCUT2D eigenvalue weighted by molar-refractivity contribution is 6.03. The number of carbonyl (C=O) groups is 1. The van der Waals surface area contributed by atoms with Gasteiger partial charge in [0.25, 0.3) is 0 Å². The van der Waals surface area contributed by atoms with Crippen molar-refractivity contribution in [3.8, 4) is 0 Å². The third-order valence-electron chi connectivity index (χ3n) is 4.19. The second-order valence-corrected chi connectivity index (χ2v) is 6.58. The van der Waals surface area contributed by atoms with Crippen LogP contribution in [-0.4, -0.2) is 29.4 Å². The summed E-state index contributed by atoms with van der Waals surface area (Å²) in [6.45, 7) is 3.89. The third kappa shape index (κ3) is 7.44. The Hall–Kier alpha value is -4.41. The van der Waals surface area contributed by atoms with Gasteiger partial charge in [0.1, 0.15) is 0 Å². The summed E-state index contributed by atoms with van der Waals surface area (Å²) in [6, 6.07) is 14.0. The molecule has 11 heteroatoms. The van der Waals surface area contributed by atoms with Gasteiger partial charge in [-0.2, -0.15) is 10.2 Å². The Morgan fingerprint density at radius 2 is 1.00 bits per heavy atom. The fourth-order valence-corrected chi connectivity index (χ4v) is 2.69. The number of nitrogens with two attached hydrogens (primary N) is 4. The molecule has 0 saturated carbocycles. The molecule has 11 nitrogen and oxygen atoms in total. The minimum absolute atomic E-state index is 0.106. The number of hydrogen-bond donors (Lipinski definition) is 6. The zero-order chi connectivity index (χ0) is 23.5. The van der Waals surface area contributed by atoms with E-state index in [1.165, 1.54) is 0 Å². The Morgan fingerprint density at radius 1 is 0.656 bits per heavy atom. The predicted molar refractivity (Wildman–Crippen MR) is 131 cm³/mol. The summed E-state index contributed by atoms with van der Waals surface area (Å²) >= 11 is 0. The lowest BCUT2D eigenvalue weighted by atomic mass is 10.1. The normalized spacial score (nSPS) is 11.4. The highest BCUT2D eigenvalue weighted by Crippen LogP contribution is 2.15. The maximum absolute atomic E-state index is 12.3. The lowest BCUT2D eigenvalue weighted by Crippen LogP contribution is -2.22. The van der Waals surface area contributed by atoms with Gasteiger partial charge in [0.2, 0.25) is 11.9 Å². The molecule has 2 aromatic rings. The molecule has 0 spiro atoms. The van der Waals surface area contributed by atoms with Crippen LogP contribution in [0.2, 0.25) is 0 Å². The number of urea groups is 1. The fraction of sp³-hybridized carbons (Fsp3) is 0.190. The number of amides is 2. The summed E-state index contributed by atoms with van der Waals surface area (Å²) in [5.41, 5.74) is 25.7. The van der Waals surface area contributed by atoms with Crippen LogP contribution in [0, 0.1) is 0 Å². The first kappa shape index (κ1) is 23.9. The number of hydrogen-bond acceptors (Lipinski definition) is 5. The minimum atomic E-state index is -0.375.